The summed E-state index contributed by atoms with van der Waals surface area (Å²) in [4.78, 5) is 15.6. The van der Waals surface area contributed by atoms with E-state index in [9.17, 15) is 4.79 Å². The number of hydrogen-bond donors (Lipinski definition) is 3. The third kappa shape index (κ3) is 3.39. The van der Waals surface area contributed by atoms with E-state index >= 15 is 0 Å². The number of rotatable bonds is 5. The number of nitrogens with zero attached hydrogens (tertiary/aromatic N) is 1. The van der Waals surface area contributed by atoms with Crippen LogP contribution in [0.2, 0.25) is 0 Å². The second-order valence-corrected chi connectivity index (χ2v) is 4.49. The van der Waals surface area contributed by atoms with Gasteiger partial charge in [-0.3, -0.25) is 10.2 Å². The first-order valence-electron chi connectivity index (χ1n) is 5.06. The number of hydrogen-bond acceptors (Lipinski definition) is 5. The standard InChI is InChI=1S/C10H16N4OS/c1-2-4-8(9(15)14-12)16-10-7(11)5-3-6-13-10/h3,5-6,8H,2,4,11-12H2,1H3,(H,14,15). The zero-order chi connectivity index (χ0) is 12.0. The molecule has 0 aliphatic carbocycles. The van der Waals surface area contributed by atoms with Gasteiger partial charge in [0.1, 0.15) is 5.03 Å². The van der Waals surface area contributed by atoms with Crippen molar-refractivity contribution in [1.29, 1.82) is 0 Å². The third-order valence-corrected chi connectivity index (χ3v) is 3.34. The van der Waals surface area contributed by atoms with Crippen molar-refractivity contribution in [3.63, 3.8) is 0 Å². The number of aromatic nitrogens is 1. The van der Waals surface area contributed by atoms with Gasteiger partial charge in [0.05, 0.1) is 10.9 Å². The number of thioether (sulfide) groups is 1. The van der Waals surface area contributed by atoms with E-state index in [1.807, 2.05) is 6.92 Å². The third-order valence-electron chi connectivity index (χ3n) is 2.04. The zero-order valence-corrected chi connectivity index (χ0v) is 9.96. The molecule has 0 aliphatic heterocycles. The number of nitrogens with one attached hydrogen (secondary N) is 1. The van der Waals surface area contributed by atoms with Crippen LogP contribution in [0.1, 0.15) is 19.8 Å². The molecular formula is C10H16N4OS. The quantitative estimate of drug-likeness (QED) is 0.308. The highest BCUT2D eigenvalue weighted by Gasteiger charge is 2.19. The molecule has 1 rings (SSSR count). The van der Waals surface area contributed by atoms with Gasteiger partial charge in [0.2, 0.25) is 5.91 Å². The van der Waals surface area contributed by atoms with E-state index in [4.69, 9.17) is 11.6 Å². The van der Waals surface area contributed by atoms with Crippen molar-refractivity contribution >= 4 is 23.4 Å². The van der Waals surface area contributed by atoms with Crippen LogP contribution in [0.4, 0.5) is 5.69 Å². The van der Waals surface area contributed by atoms with Gasteiger partial charge in [-0.25, -0.2) is 10.8 Å². The fourth-order valence-corrected chi connectivity index (χ4v) is 2.36. The van der Waals surface area contributed by atoms with Crippen molar-refractivity contribution in [3.05, 3.63) is 18.3 Å². The molecule has 1 atom stereocenters. The lowest BCUT2D eigenvalue weighted by molar-refractivity contribution is -0.120. The zero-order valence-electron chi connectivity index (χ0n) is 9.14. The van der Waals surface area contributed by atoms with Crippen LogP contribution in [-0.4, -0.2) is 16.1 Å². The minimum Gasteiger partial charge on any atom is -0.397 e. The topological polar surface area (TPSA) is 94.0 Å². The molecule has 5 N–H and O–H groups in total. The molecular weight excluding hydrogens is 224 g/mol. The monoisotopic (exact) mass is 240 g/mol. The van der Waals surface area contributed by atoms with Gasteiger partial charge < -0.3 is 5.73 Å². The van der Waals surface area contributed by atoms with Crippen LogP contribution in [0.25, 0.3) is 0 Å². The van der Waals surface area contributed by atoms with E-state index in [2.05, 4.69) is 10.4 Å². The molecule has 0 aliphatic rings. The molecule has 5 nitrogen and oxygen atoms in total. The lowest BCUT2D eigenvalue weighted by atomic mass is 10.2. The number of pyridine rings is 1. The van der Waals surface area contributed by atoms with Crippen molar-refractivity contribution in [2.75, 3.05) is 5.73 Å². The summed E-state index contributed by atoms with van der Waals surface area (Å²) in [5.74, 6) is 4.93. The maximum absolute atomic E-state index is 11.5. The summed E-state index contributed by atoms with van der Waals surface area (Å²) >= 11 is 1.34. The molecule has 1 unspecified atom stereocenters. The lowest BCUT2D eigenvalue weighted by Crippen LogP contribution is -2.37. The Balaban J connectivity index is 2.75. The second-order valence-electron chi connectivity index (χ2n) is 3.30. The fraction of sp³-hybridized carbons (Fsp3) is 0.400. The highest BCUT2D eigenvalue weighted by Crippen LogP contribution is 2.28. The Morgan fingerprint density at radius 1 is 1.69 bits per heavy atom. The van der Waals surface area contributed by atoms with Crippen LogP contribution in [0, 0.1) is 0 Å². The number of carbonyl (C=O) groups is 1. The summed E-state index contributed by atoms with van der Waals surface area (Å²) < 4.78 is 0. The lowest BCUT2D eigenvalue weighted by Gasteiger charge is -2.13. The van der Waals surface area contributed by atoms with E-state index in [1.165, 1.54) is 11.8 Å². The van der Waals surface area contributed by atoms with Gasteiger partial charge in [0.25, 0.3) is 0 Å². The molecule has 0 fully saturated rings. The van der Waals surface area contributed by atoms with E-state index in [0.717, 1.165) is 12.8 Å². The molecule has 1 amide bonds. The predicted octanol–water partition coefficient (Wildman–Crippen LogP) is 0.914. The number of amides is 1. The Morgan fingerprint density at radius 3 is 3.00 bits per heavy atom. The SMILES string of the molecule is CCCC(Sc1ncccc1N)C(=O)NN. The Morgan fingerprint density at radius 2 is 2.44 bits per heavy atom. The Labute approximate surface area is 99.0 Å². The maximum Gasteiger partial charge on any atom is 0.247 e. The minimum atomic E-state index is -0.243. The van der Waals surface area contributed by atoms with E-state index < -0.39 is 0 Å². The Bertz CT molecular complexity index is 358. The first-order valence-corrected chi connectivity index (χ1v) is 5.94. The van der Waals surface area contributed by atoms with Gasteiger partial charge in [-0.2, -0.15) is 0 Å². The van der Waals surface area contributed by atoms with Gasteiger partial charge in [-0.1, -0.05) is 25.1 Å². The van der Waals surface area contributed by atoms with Crippen LogP contribution in [0.3, 0.4) is 0 Å². The van der Waals surface area contributed by atoms with Crippen molar-refractivity contribution in [2.45, 2.75) is 30.0 Å². The molecule has 0 spiro atoms. The molecule has 16 heavy (non-hydrogen) atoms. The molecule has 0 saturated carbocycles. The molecule has 0 saturated heterocycles. The first kappa shape index (κ1) is 12.8. The number of nitrogens with two attached hydrogens (primary N) is 2. The van der Waals surface area contributed by atoms with Gasteiger partial charge in [-0.15, -0.1) is 0 Å². The Hall–Kier alpha value is -1.27. The molecule has 1 aromatic rings. The summed E-state index contributed by atoms with van der Waals surface area (Å²) in [6.45, 7) is 2.01. The smallest absolute Gasteiger partial charge is 0.247 e. The number of carbonyl (C=O) groups excluding carboxylic acids is 1. The maximum atomic E-state index is 11.5. The number of nitrogen functional groups attached to an aromatic ring is 1. The minimum absolute atomic E-state index is 0.197. The van der Waals surface area contributed by atoms with Gasteiger partial charge in [0.15, 0.2) is 0 Å². The van der Waals surface area contributed by atoms with E-state index in [-0.39, 0.29) is 11.2 Å². The summed E-state index contributed by atoms with van der Waals surface area (Å²) in [5, 5.41) is 0.428. The van der Waals surface area contributed by atoms with Crippen LogP contribution < -0.4 is 17.0 Å². The summed E-state index contributed by atoms with van der Waals surface area (Å²) in [6, 6.07) is 3.52. The average molecular weight is 240 g/mol. The van der Waals surface area contributed by atoms with E-state index in [1.54, 1.807) is 18.3 Å². The van der Waals surface area contributed by atoms with Crippen molar-refractivity contribution < 1.29 is 4.79 Å². The van der Waals surface area contributed by atoms with E-state index in [0.29, 0.717) is 10.7 Å². The highest BCUT2D eigenvalue weighted by atomic mass is 32.2. The summed E-state index contributed by atoms with van der Waals surface area (Å²) in [6.07, 6.45) is 3.30. The Kier molecular flexibility index (Phi) is 5.07. The first-order chi connectivity index (χ1) is 7.69. The number of hydrazine groups is 1. The molecule has 1 aromatic heterocycles. The van der Waals surface area contributed by atoms with Crippen LogP contribution in [-0.2, 0) is 4.79 Å². The molecule has 6 heteroatoms. The largest absolute Gasteiger partial charge is 0.397 e. The fourth-order valence-electron chi connectivity index (χ4n) is 1.24. The van der Waals surface area contributed by atoms with Crippen LogP contribution in [0.5, 0.6) is 0 Å². The average Bonchev–Trinajstić information content (AvgIpc) is 2.30. The molecule has 88 valence electrons. The number of anilines is 1. The van der Waals surface area contributed by atoms with Crippen molar-refractivity contribution in [1.82, 2.24) is 10.4 Å². The van der Waals surface area contributed by atoms with Crippen LogP contribution >= 0.6 is 11.8 Å². The van der Waals surface area contributed by atoms with Crippen molar-refractivity contribution in [3.8, 4) is 0 Å². The van der Waals surface area contributed by atoms with Gasteiger partial charge in [0, 0.05) is 6.20 Å². The predicted molar refractivity (Wildman–Crippen MR) is 65.5 cm³/mol. The summed E-state index contributed by atoms with van der Waals surface area (Å²) in [5.41, 5.74) is 8.50. The highest BCUT2D eigenvalue weighted by molar-refractivity contribution is 8.00. The summed E-state index contributed by atoms with van der Waals surface area (Å²) in [7, 11) is 0. The van der Waals surface area contributed by atoms with Crippen LogP contribution in [0.15, 0.2) is 23.4 Å². The molecule has 0 radical (unpaired) electrons. The second kappa shape index (κ2) is 6.34. The molecule has 0 aromatic carbocycles. The van der Waals surface area contributed by atoms with Crippen molar-refractivity contribution in [2.24, 2.45) is 5.84 Å². The van der Waals surface area contributed by atoms with Gasteiger partial charge >= 0.3 is 0 Å². The molecule has 1 heterocycles. The van der Waals surface area contributed by atoms with Gasteiger partial charge in [-0.05, 0) is 18.6 Å². The molecule has 0 bridgehead atoms. The normalized spacial score (nSPS) is 12.1.